The van der Waals surface area contributed by atoms with Crippen molar-refractivity contribution in [3.05, 3.63) is 23.3 Å². The number of methoxy groups -OCH3 is 2. The number of Topliss-reactive ketones (excluding diaryl/α,β-unsaturated/α-hetero) is 2. The van der Waals surface area contributed by atoms with Crippen molar-refractivity contribution in [3.63, 3.8) is 0 Å². The molecule has 0 radical (unpaired) electrons. The number of rotatable bonds is 7. The summed E-state index contributed by atoms with van der Waals surface area (Å²) in [6.45, 7) is 11.6. The number of amides is 1. The Morgan fingerprint density at radius 2 is 1.61 bits per heavy atom. The molecule has 318 valence electrons. The van der Waals surface area contributed by atoms with Gasteiger partial charge in [-0.2, -0.15) is 0 Å². The van der Waals surface area contributed by atoms with Gasteiger partial charge in [-0.3, -0.25) is 24.9 Å². The number of esters is 1. The summed E-state index contributed by atoms with van der Waals surface area (Å²) < 4.78 is 24.3. The van der Waals surface area contributed by atoms with Crippen LogP contribution in [0.5, 0.6) is 0 Å². The van der Waals surface area contributed by atoms with E-state index in [9.17, 15) is 34.8 Å². The lowest BCUT2D eigenvalue weighted by Crippen LogP contribution is -2.64. The van der Waals surface area contributed by atoms with Crippen LogP contribution in [0.25, 0.3) is 0 Å². The fourth-order valence-corrected chi connectivity index (χ4v) is 9.36. The standard InChI is InChI=1S/C42H67NO13/c1-9-30-19-24(2)18-25(3)20-35(51-7)38-36(52-8)22-28(6)42(48,54-38)39(45)40(46)43-17-11-10-12-31(43)41(47)53-37(26(4)13-15-32(30)44)27(5)21-29-14-16-33(55-49)34(23-29)56-50/h19,21,25-26,28-31,33-38,48-50H,9-18,20,22-23H2,1-8H3. The molecule has 14 nitrogen and oxygen atoms in total. The first kappa shape index (κ1) is 46.1. The molecular weight excluding hydrogens is 726 g/mol. The average molecular weight is 794 g/mol. The van der Waals surface area contributed by atoms with Gasteiger partial charge in [0, 0.05) is 39.0 Å². The maximum atomic E-state index is 14.2. The molecule has 56 heavy (non-hydrogen) atoms. The van der Waals surface area contributed by atoms with Crippen molar-refractivity contribution in [3.8, 4) is 0 Å². The summed E-state index contributed by atoms with van der Waals surface area (Å²) >= 11 is 0. The number of nitrogens with zero attached hydrogens (tertiary/aromatic N) is 1. The molecule has 1 aliphatic carbocycles. The van der Waals surface area contributed by atoms with Gasteiger partial charge in [-0.15, -0.1) is 0 Å². The minimum atomic E-state index is -2.49. The van der Waals surface area contributed by atoms with Crippen LogP contribution in [-0.2, 0) is 47.9 Å². The smallest absolute Gasteiger partial charge is 0.329 e. The average Bonchev–Trinajstić information content (AvgIpc) is 3.19. The van der Waals surface area contributed by atoms with Gasteiger partial charge in [0.1, 0.15) is 36.2 Å². The Hall–Kier alpha value is -2.56. The van der Waals surface area contributed by atoms with Crippen molar-refractivity contribution in [1.82, 2.24) is 4.90 Å². The number of ether oxygens (including phenoxy) is 4. The van der Waals surface area contributed by atoms with Crippen molar-refractivity contribution in [2.24, 2.45) is 29.6 Å². The number of cyclic esters (lactones) is 1. The molecule has 3 aliphatic heterocycles. The number of carbonyl (C=O) groups excluding carboxylic acids is 4. The van der Waals surface area contributed by atoms with E-state index in [1.165, 1.54) is 12.0 Å². The summed E-state index contributed by atoms with van der Waals surface area (Å²) in [5.41, 5.74) is 1.78. The molecule has 2 saturated heterocycles. The van der Waals surface area contributed by atoms with E-state index in [1.54, 1.807) is 14.0 Å². The number of fused-ring (bicyclic) bond motifs is 3. The Morgan fingerprint density at radius 3 is 2.25 bits per heavy atom. The fourth-order valence-electron chi connectivity index (χ4n) is 9.36. The Kier molecular flexibility index (Phi) is 17.2. The highest BCUT2D eigenvalue weighted by molar-refractivity contribution is 6.39. The zero-order valence-corrected chi connectivity index (χ0v) is 34.6. The van der Waals surface area contributed by atoms with E-state index in [1.807, 2.05) is 39.8 Å². The van der Waals surface area contributed by atoms with E-state index in [0.717, 1.165) is 11.1 Å². The van der Waals surface area contributed by atoms with Gasteiger partial charge in [0.05, 0.1) is 12.2 Å². The summed E-state index contributed by atoms with van der Waals surface area (Å²) in [5, 5.41) is 30.7. The Balaban J connectivity index is 1.73. The summed E-state index contributed by atoms with van der Waals surface area (Å²) in [5.74, 6) is -6.67. The summed E-state index contributed by atoms with van der Waals surface area (Å²) in [6, 6.07) is -1.09. The number of allylic oxidation sites excluding steroid dienone is 3. The number of ketones is 2. The van der Waals surface area contributed by atoms with Gasteiger partial charge in [0.25, 0.3) is 11.7 Å². The Labute approximate surface area is 332 Å². The summed E-state index contributed by atoms with van der Waals surface area (Å²) in [4.78, 5) is 66.7. The van der Waals surface area contributed by atoms with Crippen LogP contribution in [0.15, 0.2) is 23.3 Å². The zero-order chi connectivity index (χ0) is 41.3. The van der Waals surface area contributed by atoms with Crippen LogP contribution in [0.3, 0.4) is 0 Å². The first-order valence-corrected chi connectivity index (χ1v) is 20.6. The number of piperidine rings is 1. The van der Waals surface area contributed by atoms with Gasteiger partial charge < -0.3 is 29.0 Å². The normalized spacial score (nSPS) is 39.3. The number of hydrogen-bond donors (Lipinski definition) is 3. The van der Waals surface area contributed by atoms with Gasteiger partial charge in [0.2, 0.25) is 5.79 Å². The molecule has 0 aromatic rings. The molecule has 3 heterocycles. The second kappa shape index (κ2) is 20.9. The first-order chi connectivity index (χ1) is 26.6. The highest BCUT2D eigenvalue weighted by atomic mass is 17.1. The number of hydrogen-bond acceptors (Lipinski definition) is 13. The molecule has 0 aromatic heterocycles. The van der Waals surface area contributed by atoms with Crippen LogP contribution >= 0.6 is 0 Å². The first-order valence-electron chi connectivity index (χ1n) is 20.6. The quantitative estimate of drug-likeness (QED) is 0.0918. The third kappa shape index (κ3) is 10.9. The van der Waals surface area contributed by atoms with Gasteiger partial charge in [-0.1, -0.05) is 45.4 Å². The third-order valence-corrected chi connectivity index (χ3v) is 12.7. The van der Waals surface area contributed by atoms with E-state index in [2.05, 4.69) is 16.7 Å². The van der Waals surface area contributed by atoms with Crippen LogP contribution in [0, 0.1) is 29.6 Å². The van der Waals surface area contributed by atoms with Crippen LogP contribution in [0.2, 0.25) is 0 Å². The van der Waals surface area contributed by atoms with Gasteiger partial charge >= 0.3 is 5.97 Å². The number of carbonyl (C=O) groups is 4. The van der Waals surface area contributed by atoms with E-state index >= 15 is 0 Å². The van der Waals surface area contributed by atoms with Crippen molar-refractivity contribution in [1.29, 1.82) is 0 Å². The molecule has 13 atom stereocenters. The van der Waals surface area contributed by atoms with Gasteiger partial charge in [-0.25, -0.2) is 14.6 Å². The molecule has 0 aromatic carbocycles. The predicted molar refractivity (Wildman–Crippen MR) is 205 cm³/mol. The molecule has 1 saturated carbocycles. The number of aliphatic hydroxyl groups is 1. The third-order valence-electron chi connectivity index (χ3n) is 12.7. The summed E-state index contributed by atoms with van der Waals surface area (Å²) in [6.07, 6.45) is 5.36. The predicted octanol–water partition coefficient (Wildman–Crippen LogP) is 5.84. The summed E-state index contributed by atoms with van der Waals surface area (Å²) in [7, 11) is 3.08. The van der Waals surface area contributed by atoms with E-state index in [0.29, 0.717) is 57.8 Å². The maximum Gasteiger partial charge on any atom is 0.329 e. The maximum absolute atomic E-state index is 14.2. The molecule has 3 fully saturated rings. The lowest BCUT2D eigenvalue weighted by Gasteiger charge is -2.47. The monoisotopic (exact) mass is 793 g/mol. The van der Waals surface area contributed by atoms with Crippen molar-refractivity contribution in [2.45, 2.75) is 167 Å². The lowest BCUT2D eigenvalue weighted by atomic mass is 9.82. The molecule has 3 N–H and O–H groups in total. The van der Waals surface area contributed by atoms with Crippen LogP contribution in [0.1, 0.15) is 119 Å². The largest absolute Gasteiger partial charge is 0.456 e. The topological polar surface area (TPSA) is 188 Å². The molecule has 0 spiro atoms. The fraction of sp³-hybridized carbons (Fsp3) is 0.810. The Bertz CT molecular complexity index is 1420. The molecule has 2 bridgehead atoms. The van der Waals surface area contributed by atoms with Crippen molar-refractivity contribution < 1.29 is 63.5 Å². The highest BCUT2D eigenvalue weighted by Gasteiger charge is 2.56. The Morgan fingerprint density at radius 1 is 0.929 bits per heavy atom. The van der Waals surface area contributed by atoms with Crippen molar-refractivity contribution in [2.75, 3.05) is 20.8 Å². The molecule has 13 unspecified atom stereocenters. The molecule has 4 rings (SSSR count). The van der Waals surface area contributed by atoms with E-state index in [-0.39, 0.29) is 55.3 Å². The van der Waals surface area contributed by atoms with Crippen molar-refractivity contribution >= 4 is 23.4 Å². The van der Waals surface area contributed by atoms with Crippen LogP contribution in [-0.4, -0.2) is 113 Å². The van der Waals surface area contributed by atoms with E-state index < -0.39 is 72.0 Å². The molecule has 1 amide bonds. The van der Waals surface area contributed by atoms with Gasteiger partial charge in [0.15, 0.2) is 0 Å². The second-order valence-corrected chi connectivity index (χ2v) is 17.0. The lowest BCUT2D eigenvalue weighted by molar-refractivity contribution is -0.362. The van der Waals surface area contributed by atoms with E-state index in [4.69, 9.17) is 18.9 Å². The minimum absolute atomic E-state index is 0.0713. The second-order valence-electron chi connectivity index (χ2n) is 17.0. The zero-order valence-electron chi connectivity index (χ0n) is 34.6. The van der Waals surface area contributed by atoms with Crippen LogP contribution in [0.4, 0.5) is 0 Å². The SMILES string of the molecule is CCC1C=C(C)CC(C)CC(OC)C2OC(O)(C(=O)C(=O)N3CCCCC3C(=O)OC(C(C)=CC3CCC(OO)C(OO)C3)C(C)CCC1=O)C(C)CC2OC. The molecule has 14 heteroatoms. The minimum Gasteiger partial charge on any atom is -0.456 e. The van der Waals surface area contributed by atoms with Crippen LogP contribution < -0.4 is 0 Å². The molecule has 4 aliphatic rings. The van der Waals surface area contributed by atoms with Gasteiger partial charge in [-0.05, 0) is 108 Å². The molecular formula is C42H67NO13. The highest BCUT2D eigenvalue weighted by Crippen LogP contribution is 2.39.